The molecule has 3 aliphatic heterocycles. The first kappa shape index (κ1) is 34.4. The number of benzene rings is 2. The molecule has 0 radical (unpaired) electrons. The number of hydrogen-bond acceptors (Lipinski definition) is 5. The zero-order valence-corrected chi connectivity index (χ0v) is 26.4. The monoisotopic (exact) mass is 656 g/mol. The summed E-state index contributed by atoms with van der Waals surface area (Å²) in [5.74, 6) is -1.37. The van der Waals surface area contributed by atoms with Crippen molar-refractivity contribution < 1.29 is 37.5 Å². The molecule has 2 aromatic carbocycles. The zero-order chi connectivity index (χ0) is 33.6. The van der Waals surface area contributed by atoms with Gasteiger partial charge < -0.3 is 25.1 Å². The number of amides is 3. The predicted molar refractivity (Wildman–Crippen MR) is 168 cm³/mol. The average molecular weight is 657 g/mol. The van der Waals surface area contributed by atoms with Gasteiger partial charge in [-0.1, -0.05) is 73.5 Å². The van der Waals surface area contributed by atoms with E-state index in [1.165, 1.54) is 5.56 Å². The highest BCUT2D eigenvalue weighted by molar-refractivity contribution is 5.89. The van der Waals surface area contributed by atoms with E-state index < -0.39 is 12.1 Å². The standard InChI is InChI=1S/C33H42N4O3.C2HF3O2/c38-31-17-27(21-36(31)18-24-9-3-1-4-10-24)33(40)37-22-28-19-35(20-29(28)23-37)16-15-30(25-11-5-2-6-12-25)34-32(39)26-13-7-8-14-26;3-2(4,5)1(6)7/h1-6,9-12,26-30H,7-8,13-23H2,(H,34,39);(H,6,7)/t27?,28?,29?,30-;/m0./s1. The fourth-order valence-electron chi connectivity index (χ4n) is 7.40. The van der Waals surface area contributed by atoms with E-state index in [1.54, 1.807) is 0 Å². The molecule has 12 heteroatoms. The number of aliphatic carboxylic acids is 1. The van der Waals surface area contributed by atoms with Crippen molar-refractivity contribution in [2.24, 2.45) is 23.7 Å². The molecular weight excluding hydrogens is 613 g/mol. The Morgan fingerprint density at radius 2 is 1.43 bits per heavy atom. The molecule has 2 aromatic rings. The van der Waals surface area contributed by atoms with Crippen molar-refractivity contribution in [3.63, 3.8) is 0 Å². The molecule has 1 aliphatic carbocycles. The van der Waals surface area contributed by atoms with E-state index in [-0.39, 0.29) is 35.6 Å². The van der Waals surface area contributed by atoms with Crippen LogP contribution in [0, 0.1) is 23.7 Å². The molecule has 254 valence electrons. The van der Waals surface area contributed by atoms with Crippen molar-refractivity contribution in [2.75, 3.05) is 39.3 Å². The number of carbonyl (C=O) groups is 4. The number of carboxylic acids is 1. The average Bonchev–Trinajstić information content (AvgIpc) is 3.85. The highest BCUT2D eigenvalue weighted by atomic mass is 19.4. The van der Waals surface area contributed by atoms with Crippen molar-refractivity contribution in [1.29, 1.82) is 0 Å². The highest BCUT2D eigenvalue weighted by Gasteiger charge is 2.45. The molecular formula is C35H43F3N4O5. The largest absolute Gasteiger partial charge is 0.490 e. The van der Waals surface area contributed by atoms with Gasteiger partial charge in [0.1, 0.15) is 0 Å². The lowest BCUT2D eigenvalue weighted by molar-refractivity contribution is -0.192. The van der Waals surface area contributed by atoms with Gasteiger partial charge in [0.15, 0.2) is 0 Å². The molecule has 4 aliphatic rings. The van der Waals surface area contributed by atoms with E-state index >= 15 is 0 Å². The van der Waals surface area contributed by atoms with Crippen molar-refractivity contribution >= 4 is 23.7 Å². The fourth-order valence-corrected chi connectivity index (χ4v) is 7.40. The summed E-state index contributed by atoms with van der Waals surface area (Å²) in [5.41, 5.74) is 2.28. The molecule has 0 spiro atoms. The Morgan fingerprint density at radius 1 is 0.851 bits per heavy atom. The lowest BCUT2D eigenvalue weighted by Crippen LogP contribution is -2.39. The van der Waals surface area contributed by atoms with Crippen LogP contribution in [-0.4, -0.2) is 88.9 Å². The molecule has 47 heavy (non-hydrogen) atoms. The van der Waals surface area contributed by atoms with Crippen molar-refractivity contribution in [1.82, 2.24) is 20.0 Å². The summed E-state index contributed by atoms with van der Waals surface area (Å²) in [6.07, 6.45) is 0.486. The molecule has 3 saturated heterocycles. The summed E-state index contributed by atoms with van der Waals surface area (Å²) in [5, 5.41) is 10.5. The third kappa shape index (κ3) is 9.12. The molecule has 0 aromatic heterocycles. The number of hydrogen-bond donors (Lipinski definition) is 2. The summed E-state index contributed by atoms with van der Waals surface area (Å²) in [6, 6.07) is 20.4. The maximum Gasteiger partial charge on any atom is 0.490 e. The van der Waals surface area contributed by atoms with Crippen molar-refractivity contribution in [3.05, 3.63) is 71.8 Å². The van der Waals surface area contributed by atoms with Crippen LogP contribution in [-0.2, 0) is 25.7 Å². The topological polar surface area (TPSA) is 110 Å². The Kier molecular flexibility index (Phi) is 11.2. The number of halogens is 3. The second-order valence-electron chi connectivity index (χ2n) is 13.2. The zero-order valence-electron chi connectivity index (χ0n) is 26.4. The molecule has 2 N–H and O–H groups in total. The molecule has 3 heterocycles. The molecule has 4 fully saturated rings. The van der Waals surface area contributed by atoms with Gasteiger partial charge in [-0.2, -0.15) is 13.2 Å². The van der Waals surface area contributed by atoms with Crippen LogP contribution in [0.5, 0.6) is 0 Å². The molecule has 3 amide bonds. The van der Waals surface area contributed by atoms with Gasteiger partial charge in [-0.05, 0) is 42.2 Å². The third-order valence-corrected chi connectivity index (χ3v) is 9.87. The van der Waals surface area contributed by atoms with Crippen LogP contribution in [0.15, 0.2) is 60.7 Å². The van der Waals surface area contributed by atoms with Crippen LogP contribution in [0.1, 0.15) is 55.7 Å². The summed E-state index contributed by atoms with van der Waals surface area (Å²) in [4.78, 5) is 54.3. The second kappa shape index (κ2) is 15.3. The van der Waals surface area contributed by atoms with Crippen molar-refractivity contribution in [2.45, 2.75) is 57.3 Å². The predicted octanol–water partition coefficient (Wildman–Crippen LogP) is 4.50. The number of nitrogens with one attached hydrogen (secondary N) is 1. The minimum Gasteiger partial charge on any atom is -0.475 e. The molecule has 1 saturated carbocycles. The Hall–Kier alpha value is -3.93. The molecule has 4 atom stereocenters. The van der Waals surface area contributed by atoms with Crippen LogP contribution >= 0.6 is 0 Å². The summed E-state index contributed by atoms with van der Waals surface area (Å²) >= 11 is 0. The number of alkyl halides is 3. The van der Waals surface area contributed by atoms with Gasteiger partial charge in [0, 0.05) is 58.2 Å². The van der Waals surface area contributed by atoms with Gasteiger partial charge in [0.2, 0.25) is 17.7 Å². The van der Waals surface area contributed by atoms with Gasteiger partial charge in [-0.25, -0.2) is 4.79 Å². The number of carboxylic acid groups (broad SMARTS) is 1. The van der Waals surface area contributed by atoms with E-state index in [0.29, 0.717) is 31.3 Å². The maximum absolute atomic E-state index is 13.4. The number of carbonyl (C=O) groups excluding carboxylic acids is 3. The number of rotatable bonds is 9. The van der Waals surface area contributed by atoms with Gasteiger partial charge in [0.05, 0.1) is 12.0 Å². The number of fused-ring (bicyclic) bond motifs is 1. The van der Waals surface area contributed by atoms with E-state index in [9.17, 15) is 27.6 Å². The third-order valence-electron chi connectivity index (χ3n) is 9.87. The lowest BCUT2D eigenvalue weighted by Gasteiger charge is -2.26. The van der Waals surface area contributed by atoms with Crippen LogP contribution in [0.3, 0.4) is 0 Å². The molecule has 9 nitrogen and oxygen atoms in total. The highest BCUT2D eigenvalue weighted by Crippen LogP contribution is 2.34. The van der Waals surface area contributed by atoms with Crippen LogP contribution < -0.4 is 5.32 Å². The Morgan fingerprint density at radius 3 is 2.00 bits per heavy atom. The first-order valence-corrected chi connectivity index (χ1v) is 16.5. The molecule has 0 bridgehead atoms. The summed E-state index contributed by atoms with van der Waals surface area (Å²) < 4.78 is 31.7. The summed E-state index contributed by atoms with van der Waals surface area (Å²) in [6.45, 7) is 5.63. The van der Waals surface area contributed by atoms with E-state index in [0.717, 1.165) is 70.4 Å². The van der Waals surface area contributed by atoms with Gasteiger partial charge in [-0.15, -0.1) is 0 Å². The normalized spacial score (nSPS) is 23.7. The minimum atomic E-state index is -5.08. The maximum atomic E-state index is 13.4. The number of likely N-dealkylation sites (tertiary alicyclic amines) is 3. The summed E-state index contributed by atoms with van der Waals surface area (Å²) in [7, 11) is 0. The number of nitrogens with zero attached hydrogens (tertiary/aromatic N) is 3. The van der Waals surface area contributed by atoms with E-state index in [2.05, 4.69) is 34.5 Å². The van der Waals surface area contributed by atoms with Gasteiger partial charge in [-0.3, -0.25) is 14.4 Å². The quantitative estimate of drug-likeness (QED) is 0.412. The van der Waals surface area contributed by atoms with Gasteiger partial charge >= 0.3 is 12.1 Å². The first-order chi connectivity index (χ1) is 22.5. The van der Waals surface area contributed by atoms with Crippen LogP contribution in [0.25, 0.3) is 0 Å². The Labute approximate surface area is 273 Å². The molecule has 6 rings (SSSR count). The van der Waals surface area contributed by atoms with Crippen molar-refractivity contribution in [3.8, 4) is 0 Å². The van der Waals surface area contributed by atoms with Gasteiger partial charge in [0.25, 0.3) is 0 Å². The van der Waals surface area contributed by atoms with E-state index in [4.69, 9.17) is 9.90 Å². The SMILES string of the molecule is O=C(N[C@@H](CCN1CC2CN(C(=O)C3CC(=O)N(Cc4ccccc4)C3)CC2C1)c1ccccc1)C1CCCC1.O=C(O)C(F)(F)F. The van der Waals surface area contributed by atoms with Crippen LogP contribution in [0.2, 0.25) is 0 Å². The lowest BCUT2D eigenvalue weighted by atomic mass is 10.0. The first-order valence-electron chi connectivity index (χ1n) is 16.5. The smallest absolute Gasteiger partial charge is 0.475 e. The van der Waals surface area contributed by atoms with Crippen LogP contribution in [0.4, 0.5) is 13.2 Å². The van der Waals surface area contributed by atoms with E-state index in [1.807, 2.05) is 46.2 Å². The minimum absolute atomic E-state index is 0.0338. The second-order valence-corrected chi connectivity index (χ2v) is 13.2. The molecule has 3 unspecified atom stereocenters. The Balaban J connectivity index is 0.000000559. The Bertz CT molecular complexity index is 1370. The fraction of sp³-hybridized carbons (Fsp3) is 0.543.